The van der Waals surface area contributed by atoms with Crippen molar-refractivity contribution in [3.63, 3.8) is 0 Å². The van der Waals surface area contributed by atoms with E-state index in [2.05, 4.69) is 9.11 Å². The predicted molar refractivity (Wildman–Crippen MR) is 37.0 cm³/mol. The number of aromatic nitrogens is 1. The summed E-state index contributed by atoms with van der Waals surface area (Å²) in [5.41, 5.74) is 0. The first-order valence-electron chi connectivity index (χ1n) is 2.48. The maximum Gasteiger partial charge on any atom is 0.338 e. The zero-order valence-electron chi connectivity index (χ0n) is 5.44. The fourth-order valence-corrected chi connectivity index (χ4v) is 2.02. The molecule has 1 rings (SSSR count). The van der Waals surface area contributed by atoms with Gasteiger partial charge in [0.25, 0.3) is 0 Å². The highest BCUT2D eigenvalue weighted by Gasteiger charge is 2.20. The van der Waals surface area contributed by atoms with Gasteiger partial charge in [-0.3, -0.25) is 0 Å². The van der Waals surface area contributed by atoms with E-state index < -0.39 is 15.1 Å². The van der Waals surface area contributed by atoms with Crippen LogP contribution in [0.25, 0.3) is 0 Å². The van der Waals surface area contributed by atoms with Gasteiger partial charge in [-0.05, 0) is 11.5 Å². The van der Waals surface area contributed by atoms with E-state index in [0.717, 1.165) is 16.9 Å². The molecule has 0 aliphatic carbocycles. The molecule has 0 unspecified atom stereocenters. The van der Waals surface area contributed by atoms with Gasteiger partial charge in [-0.25, -0.2) is 0 Å². The molecule has 0 radical (unpaired) electrons. The summed E-state index contributed by atoms with van der Waals surface area (Å²) in [7, 11) is -3.45. The number of ether oxygens (including phenoxy) is 1. The molecule has 0 atom stereocenters. The minimum Gasteiger partial charge on any atom is -0.479 e. The lowest BCUT2D eigenvalue weighted by atomic mass is 10.7. The van der Waals surface area contributed by atoms with E-state index in [4.69, 9.17) is 0 Å². The smallest absolute Gasteiger partial charge is 0.338 e. The van der Waals surface area contributed by atoms with Crippen molar-refractivity contribution < 1.29 is 17.0 Å². The summed E-state index contributed by atoms with van der Waals surface area (Å²) in [4.78, 5) is -0.509. The molecule has 7 heteroatoms. The molecular formula is C4H4FNO3S2. The monoisotopic (exact) mass is 197 g/mol. The molecule has 1 aromatic rings. The molecule has 0 amide bonds. The quantitative estimate of drug-likeness (QED) is 0.658. The largest absolute Gasteiger partial charge is 0.479 e. The Morgan fingerprint density at radius 3 is 2.73 bits per heavy atom. The van der Waals surface area contributed by atoms with E-state index in [1.807, 2.05) is 0 Å². The van der Waals surface area contributed by atoms with Gasteiger partial charge in [0, 0.05) is 5.38 Å². The second kappa shape index (κ2) is 2.74. The number of rotatable bonds is 2. The van der Waals surface area contributed by atoms with Gasteiger partial charge in [0.05, 0.1) is 7.11 Å². The van der Waals surface area contributed by atoms with Crippen molar-refractivity contribution in [2.45, 2.75) is 4.90 Å². The maximum atomic E-state index is 12.3. The SMILES string of the molecule is COc1nscc1S(=O)(=O)F. The van der Waals surface area contributed by atoms with Gasteiger partial charge in [0.15, 0.2) is 4.90 Å². The highest BCUT2D eigenvalue weighted by Crippen LogP contribution is 2.25. The average Bonchev–Trinajstić information content (AvgIpc) is 2.31. The molecule has 0 spiro atoms. The molecule has 0 saturated carbocycles. The molecule has 0 N–H and O–H groups in total. The van der Waals surface area contributed by atoms with E-state index in [1.54, 1.807) is 0 Å². The predicted octanol–water partition coefficient (Wildman–Crippen LogP) is 0.810. The van der Waals surface area contributed by atoms with E-state index >= 15 is 0 Å². The Kier molecular flexibility index (Phi) is 2.10. The van der Waals surface area contributed by atoms with Crippen LogP contribution >= 0.6 is 11.5 Å². The van der Waals surface area contributed by atoms with Gasteiger partial charge >= 0.3 is 10.2 Å². The first kappa shape index (κ1) is 8.41. The van der Waals surface area contributed by atoms with Crippen LogP contribution in [0.2, 0.25) is 0 Å². The number of hydrogen-bond acceptors (Lipinski definition) is 5. The Hall–Kier alpha value is -0.690. The topological polar surface area (TPSA) is 56.3 Å². The number of hydrogen-bond donors (Lipinski definition) is 0. The summed E-state index contributed by atoms with van der Waals surface area (Å²) in [6.07, 6.45) is 0. The van der Waals surface area contributed by atoms with Crippen LogP contribution in [-0.2, 0) is 10.2 Å². The number of nitrogens with zero attached hydrogens (tertiary/aromatic N) is 1. The van der Waals surface area contributed by atoms with Crippen molar-refractivity contribution in [2.75, 3.05) is 7.11 Å². The molecule has 1 aromatic heterocycles. The first-order chi connectivity index (χ1) is 5.05. The second-order valence-electron chi connectivity index (χ2n) is 1.63. The molecule has 0 aliphatic heterocycles. The zero-order chi connectivity index (χ0) is 8.48. The van der Waals surface area contributed by atoms with Gasteiger partial charge in [-0.2, -0.15) is 12.8 Å². The lowest BCUT2D eigenvalue weighted by Crippen LogP contribution is -1.93. The van der Waals surface area contributed by atoms with Crippen molar-refractivity contribution in [2.24, 2.45) is 0 Å². The van der Waals surface area contributed by atoms with Crippen LogP contribution in [0.1, 0.15) is 0 Å². The molecule has 0 aromatic carbocycles. The molecule has 11 heavy (non-hydrogen) atoms. The third-order valence-electron chi connectivity index (χ3n) is 0.962. The standard InChI is InChI=1S/C4H4FNO3S2/c1-9-4-3(2-10-6-4)11(5,7)8/h2H,1H3. The molecule has 1 heterocycles. The van der Waals surface area contributed by atoms with Crippen LogP contribution in [-0.4, -0.2) is 19.9 Å². The molecule has 62 valence electrons. The Morgan fingerprint density at radius 1 is 1.73 bits per heavy atom. The Morgan fingerprint density at radius 2 is 2.36 bits per heavy atom. The van der Waals surface area contributed by atoms with E-state index in [0.29, 0.717) is 0 Å². The van der Waals surface area contributed by atoms with Crippen LogP contribution in [0.4, 0.5) is 3.89 Å². The van der Waals surface area contributed by atoms with Crippen molar-refractivity contribution in [3.05, 3.63) is 5.38 Å². The number of methoxy groups -OCH3 is 1. The molecule has 0 saturated heterocycles. The van der Waals surface area contributed by atoms with Crippen LogP contribution in [0, 0.1) is 0 Å². The minimum atomic E-state index is -4.68. The van der Waals surface area contributed by atoms with E-state index in [1.165, 1.54) is 7.11 Å². The third-order valence-corrected chi connectivity index (χ3v) is 2.54. The number of halogens is 1. The maximum absolute atomic E-state index is 12.3. The lowest BCUT2D eigenvalue weighted by Gasteiger charge is -1.93. The summed E-state index contributed by atoms with van der Waals surface area (Å²) in [6.45, 7) is 0. The zero-order valence-corrected chi connectivity index (χ0v) is 7.08. The van der Waals surface area contributed by atoms with E-state index in [9.17, 15) is 12.3 Å². The van der Waals surface area contributed by atoms with E-state index in [-0.39, 0.29) is 5.88 Å². The molecule has 0 aliphatic rings. The molecule has 0 bridgehead atoms. The molecule has 4 nitrogen and oxygen atoms in total. The third kappa shape index (κ3) is 1.66. The average molecular weight is 197 g/mol. The van der Waals surface area contributed by atoms with Gasteiger partial charge in [-0.1, -0.05) is 0 Å². The first-order valence-corrected chi connectivity index (χ1v) is 4.70. The molecule has 0 fully saturated rings. The summed E-state index contributed by atoms with van der Waals surface area (Å²) < 4.78 is 40.8. The van der Waals surface area contributed by atoms with Crippen molar-refractivity contribution >= 4 is 21.8 Å². The van der Waals surface area contributed by atoms with Crippen molar-refractivity contribution in [1.82, 2.24) is 4.37 Å². The summed E-state index contributed by atoms with van der Waals surface area (Å²) in [5.74, 6) is -0.197. The molecular weight excluding hydrogens is 193 g/mol. The Labute approximate surface area is 67.0 Å². The van der Waals surface area contributed by atoms with Crippen molar-refractivity contribution in [1.29, 1.82) is 0 Å². The minimum absolute atomic E-state index is 0.197. The summed E-state index contributed by atoms with van der Waals surface area (Å²) in [5, 5.41) is 1.08. The van der Waals surface area contributed by atoms with Crippen LogP contribution < -0.4 is 4.74 Å². The van der Waals surface area contributed by atoms with Gasteiger partial charge in [0.1, 0.15) is 0 Å². The van der Waals surface area contributed by atoms with Crippen LogP contribution in [0.3, 0.4) is 0 Å². The Balaban J connectivity index is 3.24. The lowest BCUT2D eigenvalue weighted by molar-refractivity contribution is 0.389. The van der Waals surface area contributed by atoms with Crippen molar-refractivity contribution in [3.8, 4) is 5.88 Å². The van der Waals surface area contributed by atoms with Crippen LogP contribution in [0.5, 0.6) is 5.88 Å². The normalized spacial score (nSPS) is 11.5. The highest BCUT2D eigenvalue weighted by molar-refractivity contribution is 7.86. The van der Waals surface area contributed by atoms with Gasteiger partial charge in [-0.15, -0.1) is 3.89 Å². The summed E-state index contributed by atoms with van der Waals surface area (Å²) in [6, 6.07) is 0. The second-order valence-corrected chi connectivity index (χ2v) is 3.57. The fourth-order valence-electron chi connectivity index (χ4n) is 0.517. The fraction of sp³-hybridized carbons (Fsp3) is 0.250. The van der Waals surface area contributed by atoms with Crippen LogP contribution in [0.15, 0.2) is 10.3 Å². The Bertz CT molecular complexity index is 344. The highest BCUT2D eigenvalue weighted by atomic mass is 32.3. The summed E-state index contributed by atoms with van der Waals surface area (Å²) >= 11 is 0.823. The van der Waals surface area contributed by atoms with Gasteiger partial charge < -0.3 is 4.74 Å². The van der Waals surface area contributed by atoms with Gasteiger partial charge in [0.2, 0.25) is 5.88 Å².